The second-order valence-electron chi connectivity index (χ2n) is 3.35. The highest BCUT2D eigenvalue weighted by Crippen LogP contribution is 2.21. The summed E-state index contributed by atoms with van der Waals surface area (Å²) in [7, 11) is 0. The predicted molar refractivity (Wildman–Crippen MR) is 39.2 cm³/mol. The van der Waals surface area contributed by atoms with Crippen molar-refractivity contribution < 1.29 is 5.11 Å². The summed E-state index contributed by atoms with van der Waals surface area (Å²) < 4.78 is 0. The van der Waals surface area contributed by atoms with Crippen molar-refractivity contribution in [1.82, 2.24) is 0 Å². The molecule has 0 radical (unpaired) electrons. The van der Waals surface area contributed by atoms with E-state index in [9.17, 15) is 5.11 Å². The molecule has 0 fully saturated rings. The molecule has 0 saturated heterocycles. The number of rotatable bonds is 2. The second-order valence-corrected chi connectivity index (χ2v) is 3.35. The summed E-state index contributed by atoms with van der Waals surface area (Å²) in [5, 5.41) is 9.53. The van der Waals surface area contributed by atoms with Gasteiger partial charge >= 0.3 is 0 Å². The van der Waals surface area contributed by atoms with E-state index in [0.717, 1.165) is 0 Å². The maximum Gasteiger partial charge on any atom is 0.0790 e. The molecule has 0 amide bonds. The van der Waals surface area contributed by atoms with Crippen LogP contribution in [0.2, 0.25) is 0 Å². The number of aliphatic hydroxyl groups is 1. The maximum absolute atomic E-state index is 9.53. The van der Waals surface area contributed by atoms with Crippen molar-refractivity contribution in [2.24, 2.45) is 5.73 Å². The molecule has 9 heavy (non-hydrogen) atoms. The molecule has 1 atom stereocenters. The molecule has 0 aromatic carbocycles. The van der Waals surface area contributed by atoms with Crippen LogP contribution in [0.5, 0.6) is 0 Å². The highest BCUT2D eigenvalue weighted by molar-refractivity contribution is 4.92. The molecule has 2 heteroatoms. The van der Waals surface area contributed by atoms with Crippen LogP contribution in [0.15, 0.2) is 0 Å². The Bertz CT molecular complexity index is 91.6. The Hall–Kier alpha value is -0.0800. The maximum atomic E-state index is 9.53. The zero-order valence-electron chi connectivity index (χ0n) is 6.73. The predicted octanol–water partition coefficient (Wildman–Crippen LogP) is 0.885. The van der Waals surface area contributed by atoms with Gasteiger partial charge in [0.25, 0.3) is 0 Å². The molecular weight excluding hydrogens is 114 g/mol. The van der Waals surface area contributed by atoms with Gasteiger partial charge in [0, 0.05) is 5.54 Å². The minimum atomic E-state index is -0.743. The molecule has 0 rings (SSSR count). The summed E-state index contributed by atoms with van der Waals surface area (Å²) in [5.41, 5.74) is 4.43. The van der Waals surface area contributed by atoms with Gasteiger partial charge in [-0.1, -0.05) is 6.92 Å². The Balaban J connectivity index is 4.14. The van der Waals surface area contributed by atoms with Crippen LogP contribution >= 0.6 is 0 Å². The SMILES string of the molecule is CCC(C)(O)C(C)(C)N. The van der Waals surface area contributed by atoms with E-state index in [1.807, 2.05) is 20.8 Å². The fraction of sp³-hybridized carbons (Fsp3) is 1.00. The fourth-order valence-corrected chi connectivity index (χ4v) is 0.456. The van der Waals surface area contributed by atoms with Crippen molar-refractivity contribution in [2.45, 2.75) is 45.3 Å². The molecule has 3 N–H and O–H groups in total. The largest absolute Gasteiger partial charge is 0.388 e. The van der Waals surface area contributed by atoms with E-state index in [1.165, 1.54) is 0 Å². The van der Waals surface area contributed by atoms with Crippen LogP contribution < -0.4 is 5.73 Å². The van der Waals surface area contributed by atoms with Crippen molar-refractivity contribution >= 4 is 0 Å². The first kappa shape index (κ1) is 8.92. The molecule has 56 valence electrons. The van der Waals surface area contributed by atoms with Gasteiger partial charge in [0.2, 0.25) is 0 Å². The monoisotopic (exact) mass is 131 g/mol. The Morgan fingerprint density at radius 3 is 1.67 bits per heavy atom. The molecular formula is C7H17NO. The molecule has 0 spiro atoms. The fourth-order valence-electron chi connectivity index (χ4n) is 0.456. The summed E-state index contributed by atoms with van der Waals surface area (Å²) in [5.74, 6) is 0. The second kappa shape index (κ2) is 2.27. The van der Waals surface area contributed by atoms with Crippen LogP contribution in [-0.4, -0.2) is 16.2 Å². The van der Waals surface area contributed by atoms with Gasteiger partial charge in [-0.15, -0.1) is 0 Å². The van der Waals surface area contributed by atoms with Gasteiger partial charge in [0.05, 0.1) is 5.60 Å². The summed E-state index contributed by atoms with van der Waals surface area (Å²) in [6.45, 7) is 7.34. The Kier molecular flexibility index (Phi) is 2.25. The number of hydrogen-bond donors (Lipinski definition) is 2. The van der Waals surface area contributed by atoms with Crippen molar-refractivity contribution in [3.8, 4) is 0 Å². The van der Waals surface area contributed by atoms with Gasteiger partial charge in [-0.2, -0.15) is 0 Å². The van der Waals surface area contributed by atoms with Crippen LogP contribution in [0.1, 0.15) is 34.1 Å². The van der Waals surface area contributed by atoms with Crippen molar-refractivity contribution in [1.29, 1.82) is 0 Å². The molecule has 0 aromatic heterocycles. The van der Waals surface area contributed by atoms with Crippen LogP contribution in [0.25, 0.3) is 0 Å². The summed E-state index contributed by atoms with van der Waals surface area (Å²) in [6, 6.07) is 0. The van der Waals surface area contributed by atoms with E-state index < -0.39 is 11.1 Å². The third kappa shape index (κ3) is 1.95. The average Bonchev–Trinajstić information content (AvgIpc) is 1.64. The van der Waals surface area contributed by atoms with E-state index in [4.69, 9.17) is 5.73 Å². The lowest BCUT2D eigenvalue weighted by molar-refractivity contribution is -0.00710. The first-order valence-electron chi connectivity index (χ1n) is 3.32. The van der Waals surface area contributed by atoms with Crippen molar-refractivity contribution in [3.63, 3.8) is 0 Å². The minimum absolute atomic E-state index is 0.498. The van der Waals surface area contributed by atoms with Gasteiger partial charge in [0.15, 0.2) is 0 Å². The van der Waals surface area contributed by atoms with Crippen molar-refractivity contribution in [2.75, 3.05) is 0 Å². The minimum Gasteiger partial charge on any atom is -0.388 e. The Morgan fingerprint density at radius 2 is 1.67 bits per heavy atom. The first-order valence-corrected chi connectivity index (χ1v) is 3.32. The van der Waals surface area contributed by atoms with E-state index in [2.05, 4.69) is 0 Å². The van der Waals surface area contributed by atoms with Gasteiger partial charge < -0.3 is 10.8 Å². The highest BCUT2D eigenvalue weighted by Gasteiger charge is 2.33. The zero-order valence-corrected chi connectivity index (χ0v) is 6.73. The normalized spacial score (nSPS) is 19.3. The van der Waals surface area contributed by atoms with E-state index in [-0.39, 0.29) is 0 Å². The van der Waals surface area contributed by atoms with E-state index in [1.54, 1.807) is 6.92 Å². The average molecular weight is 131 g/mol. The Morgan fingerprint density at radius 1 is 1.33 bits per heavy atom. The molecule has 0 bridgehead atoms. The van der Waals surface area contributed by atoms with Crippen LogP contribution in [-0.2, 0) is 0 Å². The van der Waals surface area contributed by atoms with E-state index in [0.29, 0.717) is 6.42 Å². The molecule has 0 aliphatic heterocycles. The topological polar surface area (TPSA) is 46.2 Å². The lowest BCUT2D eigenvalue weighted by atomic mass is 9.83. The quantitative estimate of drug-likeness (QED) is 0.584. The molecule has 1 unspecified atom stereocenters. The molecule has 0 saturated carbocycles. The van der Waals surface area contributed by atoms with Crippen LogP contribution in [0.3, 0.4) is 0 Å². The standard InChI is InChI=1S/C7H17NO/c1-5-7(4,9)6(2,3)8/h9H,5,8H2,1-4H3. The summed E-state index contributed by atoms with van der Waals surface area (Å²) in [6.07, 6.45) is 0.691. The molecule has 0 aliphatic rings. The third-order valence-electron chi connectivity index (χ3n) is 2.08. The lowest BCUT2D eigenvalue weighted by Gasteiger charge is -2.35. The van der Waals surface area contributed by atoms with Crippen molar-refractivity contribution in [3.05, 3.63) is 0 Å². The number of nitrogens with two attached hydrogens (primary N) is 1. The first-order chi connectivity index (χ1) is 3.81. The molecule has 0 aliphatic carbocycles. The smallest absolute Gasteiger partial charge is 0.0790 e. The van der Waals surface area contributed by atoms with Gasteiger partial charge in [-0.25, -0.2) is 0 Å². The lowest BCUT2D eigenvalue weighted by Crippen LogP contribution is -2.54. The van der Waals surface area contributed by atoms with Crippen LogP contribution in [0, 0.1) is 0 Å². The third-order valence-corrected chi connectivity index (χ3v) is 2.08. The summed E-state index contributed by atoms with van der Waals surface area (Å²) in [4.78, 5) is 0. The van der Waals surface area contributed by atoms with Gasteiger partial charge in [-0.05, 0) is 27.2 Å². The van der Waals surface area contributed by atoms with Crippen LogP contribution in [0.4, 0.5) is 0 Å². The highest BCUT2D eigenvalue weighted by atomic mass is 16.3. The van der Waals surface area contributed by atoms with E-state index >= 15 is 0 Å². The Labute approximate surface area is 57.1 Å². The number of hydrogen-bond acceptors (Lipinski definition) is 2. The van der Waals surface area contributed by atoms with Gasteiger partial charge in [0.1, 0.15) is 0 Å². The summed E-state index contributed by atoms with van der Waals surface area (Å²) >= 11 is 0. The molecule has 0 heterocycles. The van der Waals surface area contributed by atoms with Gasteiger partial charge in [-0.3, -0.25) is 0 Å². The molecule has 0 aromatic rings. The zero-order chi connectivity index (χ0) is 7.71. The molecule has 2 nitrogen and oxygen atoms in total.